The first-order valence-electron chi connectivity index (χ1n) is 7.38. The fourth-order valence-corrected chi connectivity index (χ4v) is 2.35. The first kappa shape index (κ1) is 16.1. The summed E-state index contributed by atoms with van der Waals surface area (Å²) in [5, 5.41) is 6.80. The highest BCUT2D eigenvalue weighted by Gasteiger charge is 2.18. The molecule has 118 valence electrons. The summed E-state index contributed by atoms with van der Waals surface area (Å²) in [7, 11) is 1.65. The minimum Gasteiger partial charge on any atom is -0.497 e. The van der Waals surface area contributed by atoms with E-state index in [0.29, 0.717) is 17.0 Å². The Labute approximate surface area is 130 Å². The maximum atomic E-state index is 12.2. The highest BCUT2D eigenvalue weighted by atomic mass is 16.5. The van der Waals surface area contributed by atoms with Crippen molar-refractivity contribution < 1.29 is 14.1 Å². The maximum absolute atomic E-state index is 12.2. The van der Waals surface area contributed by atoms with E-state index in [1.165, 1.54) is 5.56 Å². The largest absolute Gasteiger partial charge is 0.497 e. The average Bonchev–Trinajstić information content (AvgIpc) is 2.84. The molecular formula is C17H22N2O3. The van der Waals surface area contributed by atoms with E-state index < -0.39 is 0 Å². The van der Waals surface area contributed by atoms with Crippen molar-refractivity contribution >= 4 is 5.91 Å². The van der Waals surface area contributed by atoms with Gasteiger partial charge >= 0.3 is 0 Å². The molecule has 22 heavy (non-hydrogen) atoms. The third-order valence-corrected chi connectivity index (χ3v) is 3.66. The Balaban J connectivity index is 1.87. The summed E-state index contributed by atoms with van der Waals surface area (Å²) < 4.78 is 10.2. The molecule has 0 bridgehead atoms. The number of nitrogens with one attached hydrogen (secondary N) is 1. The van der Waals surface area contributed by atoms with Gasteiger partial charge in [0, 0.05) is 6.04 Å². The molecule has 0 aliphatic carbocycles. The fourth-order valence-electron chi connectivity index (χ4n) is 2.35. The van der Waals surface area contributed by atoms with Gasteiger partial charge in [0.05, 0.1) is 12.8 Å². The van der Waals surface area contributed by atoms with Crippen LogP contribution in [0.3, 0.4) is 0 Å². The van der Waals surface area contributed by atoms with Crippen LogP contribution in [-0.2, 0) is 6.42 Å². The van der Waals surface area contributed by atoms with Crippen LogP contribution in [0.5, 0.6) is 5.75 Å². The van der Waals surface area contributed by atoms with Crippen LogP contribution in [0.25, 0.3) is 0 Å². The Hall–Kier alpha value is -2.30. The second kappa shape index (κ2) is 7.11. The first-order valence-corrected chi connectivity index (χ1v) is 7.38. The Kier molecular flexibility index (Phi) is 5.20. The molecule has 2 aromatic rings. The number of ether oxygens (including phenoxy) is 1. The van der Waals surface area contributed by atoms with E-state index in [1.807, 2.05) is 31.2 Å². The van der Waals surface area contributed by atoms with Crippen molar-refractivity contribution in [3.05, 3.63) is 46.8 Å². The third kappa shape index (κ3) is 3.87. The molecule has 5 nitrogen and oxygen atoms in total. The normalized spacial score (nSPS) is 12.0. The number of rotatable bonds is 6. The van der Waals surface area contributed by atoms with Crippen molar-refractivity contribution in [2.75, 3.05) is 7.11 Å². The predicted molar refractivity (Wildman–Crippen MR) is 84.2 cm³/mol. The lowest BCUT2D eigenvalue weighted by Gasteiger charge is -2.14. The van der Waals surface area contributed by atoms with E-state index in [-0.39, 0.29) is 11.9 Å². The van der Waals surface area contributed by atoms with Crippen molar-refractivity contribution in [3.63, 3.8) is 0 Å². The van der Waals surface area contributed by atoms with E-state index in [0.717, 1.165) is 18.6 Å². The van der Waals surface area contributed by atoms with E-state index in [9.17, 15) is 4.79 Å². The zero-order chi connectivity index (χ0) is 16.1. The number of amides is 1. The van der Waals surface area contributed by atoms with E-state index in [4.69, 9.17) is 9.26 Å². The number of methoxy groups -OCH3 is 1. The van der Waals surface area contributed by atoms with Gasteiger partial charge < -0.3 is 14.6 Å². The van der Waals surface area contributed by atoms with Crippen LogP contribution in [0, 0.1) is 13.8 Å². The molecule has 0 fully saturated rings. The minimum absolute atomic E-state index is 0.0725. The van der Waals surface area contributed by atoms with Gasteiger partial charge in [0.1, 0.15) is 17.1 Å². The molecule has 2 rings (SSSR count). The van der Waals surface area contributed by atoms with Crippen molar-refractivity contribution in [1.29, 1.82) is 0 Å². The molecule has 1 unspecified atom stereocenters. The third-order valence-electron chi connectivity index (χ3n) is 3.66. The van der Waals surface area contributed by atoms with Crippen LogP contribution in [0.15, 0.2) is 28.8 Å². The van der Waals surface area contributed by atoms with Crippen molar-refractivity contribution in [2.24, 2.45) is 0 Å². The SMILES string of the molecule is COc1ccc(CCC(C)NC(=O)c2c(C)noc2C)cc1. The molecule has 0 aliphatic rings. The number of carbonyl (C=O) groups is 1. The zero-order valence-corrected chi connectivity index (χ0v) is 13.5. The van der Waals surface area contributed by atoms with Crippen LogP contribution in [-0.4, -0.2) is 24.2 Å². The van der Waals surface area contributed by atoms with Gasteiger partial charge in [-0.25, -0.2) is 0 Å². The standard InChI is InChI=1S/C17H22N2O3/c1-11(5-6-14-7-9-15(21-4)10-8-14)18-17(20)16-12(2)19-22-13(16)3/h7-11H,5-6H2,1-4H3,(H,18,20). The molecule has 0 radical (unpaired) electrons. The summed E-state index contributed by atoms with van der Waals surface area (Å²) in [5.74, 6) is 1.28. The zero-order valence-electron chi connectivity index (χ0n) is 13.5. The maximum Gasteiger partial charge on any atom is 0.256 e. The van der Waals surface area contributed by atoms with Gasteiger partial charge in [-0.3, -0.25) is 4.79 Å². The number of benzene rings is 1. The predicted octanol–water partition coefficient (Wildman–Crippen LogP) is 3.05. The van der Waals surface area contributed by atoms with Gasteiger partial charge in [-0.2, -0.15) is 0 Å². The second-order valence-corrected chi connectivity index (χ2v) is 5.46. The van der Waals surface area contributed by atoms with Gasteiger partial charge in [-0.05, 0) is 51.3 Å². The summed E-state index contributed by atoms with van der Waals surface area (Å²) in [5.41, 5.74) is 2.38. The van der Waals surface area contributed by atoms with Crippen molar-refractivity contribution in [1.82, 2.24) is 10.5 Å². The van der Waals surface area contributed by atoms with Gasteiger partial charge in [-0.1, -0.05) is 17.3 Å². The number of nitrogens with zero attached hydrogens (tertiary/aromatic N) is 1. The van der Waals surface area contributed by atoms with Gasteiger partial charge in [0.25, 0.3) is 5.91 Å². The molecule has 1 heterocycles. The summed E-state index contributed by atoms with van der Waals surface area (Å²) in [4.78, 5) is 12.2. The number of hydrogen-bond acceptors (Lipinski definition) is 4. The fraction of sp³-hybridized carbons (Fsp3) is 0.412. The average molecular weight is 302 g/mol. The number of hydrogen-bond donors (Lipinski definition) is 1. The monoisotopic (exact) mass is 302 g/mol. The van der Waals surface area contributed by atoms with E-state index >= 15 is 0 Å². The number of aryl methyl sites for hydroxylation is 3. The summed E-state index contributed by atoms with van der Waals surface area (Å²) in [6.45, 7) is 5.52. The Morgan fingerprint density at radius 3 is 2.55 bits per heavy atom. The molecule has 5 heteroatoms. The smallest absolute Gasteiger partial charge is 0.256 e. The molecule has 0 spiro atoms. The molecule has 0 saturated carbocycles. The summed E-state index contributed by atoms with van der Waals surface area (Å²) in [6, 6.07) is 8.05. The van der Waals surface area contributed by atoms with E-state index in [2.05, 4.69) is 10.5 Å². The molecule has 1 amide bonds. The molecule has 1 N–H and O–H groups in total. The highest BCUT2D eigenvalue weighted by molar-refractivity contribution is 5.96. The van der Waals surface area contributed by atoms with Crippen LogP contribution < -0.4 is 10.1 Å². The van der Waals surface area contributed by atoms with Crippen LogP contribution >= 0.6 is 0 Å². The minimum atomic E-state index is -0.126. The first-order chi connectivity index (χ1) is 10.5. The topological polar surface area (TPSA) is 64.4 Å². The Bertz CT molecular complexity index is 612. The lowest BCUT2D eigenvalue weighted by Crippen LogP contribution is -2.33. The van der Waals surface area contributed by atoms with Crippen molar-refractivity contribution in [3.8, 4) is 5.75 Å². The van der Waals surface area contributed by atoms with Gasteiger partial charge in [0.15, 0.2) is 0 Å². The highest BCUT2D eigenvalue weighted by Crippen LogP contribution is 2.15. The molecular weight excluding hydrogens is 280 g/mol. The van der Waals surface area contributed by atoms with Gasteiger partial charge in [0.2, 0.25) is 0 Å². The second-order valence-electron chi connectivity index (χ2n) is 5.46. The molecule has 1 aromatic heterocycles. The lowest BCUT2D eigenvalue weighted by atomic mass is 10.1. The van der Waals surface area contributed by atoms with Crippen LogP contribution in [0.1, 0.15) is 40.7 Å². The van der Waals surface area contributed by atoms with E-state index in [1.54, 1.807) is 21.0 Å². The number of carbonyl (C=O) groups excluding carboxylic acids is 1. The summed E-state index contributed by atoms with van der Waals surface area (Å²) in [6.07, 6.45) is 1.76. The lowest BCUT2D eigenvalue weighted by molar-refractivity contribution is 0.0936. The van der Waals surface area contributed by atoms with Crippen LogP contribution in [0.4, 0.5) is 0 Å². The molecule has 1 atom stereocenters. The molecule has 1 aromatic carbocycles. The van der Waals surface area contributed by atoms with Crippen LogP contribution in [0.2, 0.25) is 0 Å². The Morgan fingerprint density at radius 1 is 1.32 bits per heavy atom. The van der Waals surface area contributed by atoms with Crippen molar-refractivity contribution in [2.45, 2.75) is 39.7 Å². The van der Waals surface area contributed by atoms with Gasteiger partial charge in [-0.15, -0.1) is 0 Å². The molecule has 0 aliphatic heterocycles. The quantitative estimate of drug-likeness (QED) is 0.890. The molecule has 0 saturated heterocycles. The number of aromatic nitrogens is 1. The Morgan fingerprint density at radius 2 is 2.00 bits per heavy atom. The summed E-state index contributed by atoms with van der Waals surface area (Å²) >= 11 is 0.